The SMILES string of the molecule is CCc1nn(CC(=O)c2cc3c(OCc4ccccc4)cc(OC)cc3o2)c(=N)o1. The molecular weight excluding hydrogens is 386 g/mol. The summed E-state index contributed by atoms with van der Waals surface area (Å²) < 4.78 is 23.5. The summed E-state index contributed by atoms with van der Waals surface area (Å²) in [7, 11) is 1.56. The maximum atomic E-state index is 12.7. The molecule has 2 heterocycles. The van der Waals surface area contributed by atoms with Gasteiger partial charge in [0.1, 0.15) is 30.2 Å². The predicted octanol–water partition coefficient (Wildman–Crippen LogP) is 3.73. The number of nitrogens with zero attached hydrogens (tertiary/aromatic N) is 2. The molecule has 0 radical (unpaired) electrons. The minimum Gasteiger partial charge on any atom is -0.496 e. The number of furan rings is 1. The van der Waals surface area contributed by atoms with E-state index in [0.29, 0.717) is 41.4 Å². The third-order valence-electron chi connectivity index (χ3n) is 4.60. The summed E-state index contributed by atoms with van der Waals surface area (Å²) in [6.07, 6.45) is 0.541. The number of fused-ring (bicyclic) bond motifs is 1. The quantitative estimate of drug-likeness (QED) is 0.446. The molecule has 8 heteroatoms. The smallest absolute Gasteiger partial charge is 0.312 e. The van der Waals surface area contributed by atoms with Crippen LogP contribution in [0.15, 0.2) is 57.4 Å². The van der Waals surface area contributed by atoms with Crippen molar-refractivity contribution in [3.63, 3.8) is 0 Å². The lowest BCUT2D eigenvalue weighted by Gasteiger charge is -2.09. The van der Waals surface area contributed by atoms with Crippen LogP contribution >= 0.6 is 0 Å². The van der Waals surface area contributed by atoms with Crippen LogP contribution in [0.5, 0.6) is 11.5 Å². The number of aromatic nitrogens is 2. The van der Waals surface area contributed by atoms with Crippen LogP contribution in [0.3, 0.4) is 0 Å². The van der Waals surface area contributed by atoms with Gasteiger partial charge in [-0.15, -0.1) is 5.10 Å². The van der Waals surface area contributed by atoms with Gasteiger partial charge in [0, 0.05) is 18.6 Å². The molecule has 0 aliphatic rings. The zero-order valence-electron chi connectivity index (χ0n) is 16.7. The van der Waals surface area contributed by atoms with Crippen molar-refractivity contribution in [2.24, 2.45) is 0 Å². The molecule has 2 aromatic carbocycles. The fraction of sp³-hybridized carbons (Fsp3) is 0.227. The van der Waals surface area contributed by atoms with Crippen molar-refractivity contribution in [2.75, 3.05) is 7.11 Å². The first kappa shape index (κ1) is 19.5. The van der Waals surface area contributed by atoms with Gasteiger partial charge in [0.25, 0.3) is 0 Å². The number of carbonyl (C=O) groups excluding carboxylic acids is 1. The van der Waals surface area contributed by atoms with E-state index in [-0.39, 0.29) is 23.8 Å². The third-order valence-corrected chi connectivity index (χ3v) is 4.60. The highest BCUT2D eigenvalue weighted by Gasteiger charge is 2.18. The second-order valence-electron chi connectivity index (χ2n) is 6.66. The molecule has 8 nitrogen and oxygen atoms in total. The number of benzene rings is 2. The van der Waals surface area contributed by atoms with Crippen LogP contribution in [-0.2, 0) is 19.6 Å². The summed E-state index contributed by atoms with van der Waals surface area (Å²) in [5.41, 5.74) is 1.32. The second kappa shape index (κ2) is 8.28. The summed E-state index contributed by atoms with van der Waals surface area (Å²) in [6.45, 7) is 2.08. The minimum atomic E-state index is -0.325. The highest BCUT2D eigenvalue weighted by atomic mass is 16.5. The number of hydrogen-bond acceptors (Lipinski definition) is 7. The van der Waals surface area contributed by atoms with Gasteiger partial charge in [-0.25, -0.2) is 10.1 Å². The van der Waals surface area contributed by atoms with Crippen LogP contribution in [0.4, 0.5) is 0 Å². The molecule has 154 valence electrons. The zero-order valence-corrected chi connectivity index (χ0v) is 16.7. The van der Waals surface area contributed by atoms with Crippen molar-refractivity contribution < 1.29 is 23.1 Å². The lowest BCUT2D eigenvalue weighted by Crippen LogP contribution is -2.21. The molecule has 30 heavy (non-hydrogen) atoms. The average molecular weight is 407 g/mol. The number of aryl methyl sites for hydroxylation is 1. The van der Waals surface area contributed by atoms with E-state index in [1.807, 2.05) is 37.3 Å². The van der Waals surface area contributed by atoms with Gasteiger partial charge in [-0.05, 0) is 11.6 Å². The number of methoxy groups -OCH3 is 1. The van der Waals surface area contributed by atoms with Gasteiger partial charge in [-0.3, -0.25) is 4.79 Å². The van der Waals surface area contributed by atoms with Crippen LogP contribution in [0, 0.1) is 5.41 Å². The molecule has 0 aliphatic carbocycles. The van der Waals surface area contributed by atoms with Gasteiger partial charge < -0.3 is 18.3 Å². The van der Waals surface area contributed by atoms with E-state index in [1.54, 1.807) is 25.3 Å². The van der Waals surface area contributed by atoms with Crippen LogP contribution in [-0.4, -0.2) is 22.7 Å². The Morgan fingerprint density at radius 3 is 2.67 bits per heavy atom. The van der Waals surface area contributed by atoms with Gasteiger partial charge in [0.2, 0.25) is 11.7 Å². The summed E-state index contributed by atoms with van der Waals surface area (Å²) in [6, 6.07) is 14.9. The first-order valence-electron chi connectivity index (χ1n) is 9.50. The number of Topliss-reactive ketones (excluding diaryl/α,β-unsaturated/α-hetero) is 1. The summed E-state index contributed by atoms with van der Waals surface area (Å²) >= 11 is 0. The van der Waals surface area contributed by atoms with Crippen molar-refractivity contribution >= 4 is 16.8 Å². The molecule has 0 bridgehead atoms. The lowest BCUT2D eigenvalue weighted by atomic mass is 10.2. The summed E-state index contributed by atoms with van der Waals surface area (Å²) in [4.78, 5) is 12.7. The summed E-state index contributed by atoms with van der Waals surface area (Å²) in [5.74, 6) is 1.34. The second-order valence-corrected chi connectivity index (χ2v) is 6.66. The van der Waals surface area contributed by atoms with Crippen molar-refractivity contribution in [3.8, 4) is 11.5 Å². The summed E-state index contributed by atoms with van der Waals surface area (Å²) in [5, 5.41) is 12.6. The van der Waals surface area contributed by atoms with Gasteiger partial charge >= 0.3 is 5.68 Å². The normalized spacial score (nSPS) is 11.0. The first-order chi connectivity index (χ1) is 14.6. The van der Waals surface area contributed by atoms with Crippen molar-refractivity contribution in [1.29, 1.82) is 5.41 Å². The predicted molar refractivity (Wildman–Crippen MR) is 108 cm³/mol. The van der Waals surface area contributed by atoms with Crippen LogP contribution in [0.25, 0.3) is 11.0 Å². The molecule has 0 atom stereocenters. The highest BCUT2D eigenvalue weighted by Crippen LogP contribution is 2.34. The Balaban J connectivity index is 1.62. The van der Waals surface area contributed by atoms with Crippen LogP contribution in [0.2, 0.25) is 0 Å². The number of nitrogens with one attached hydrogen (secondary N) is 1. The maximum absolute atomic E-state index is 12.7. The Morgan fingerprint density at radius 2 is 1.97 bits per heavy atom. The number of ether oxygens (including phenoxy) is 2. The topological polar surface area (TPSA) is 103 Å². The first-order valence-corrected chi connectivity index (χ1v) is 9.50. The molecule has 1 N–H and O–H groups in total. The van der Waals surface area contributed by atoms with Crippen LogP contribution < -0.4 is 15.2 Å². The lowest BCUT2D eigenvalue weighted by molar-refractivity contribution is 0.0938. The molecule has 0 saturated heterocycles. The van der Waals surface area contributed by atoms with Crippen molar-refractivity contribution in [2.45, 2.75) is 26.5 Å². The zero-order chi connectivity index (χ0) is 21.1. The van der Waals surface area contributed by atoms with E-state index < -0.39 is 0 Å². The molecule has 2 aromatic heterocycles. The van der Waals surface area contributed by atoms with Gasteiger partial charge in [0.05, 0.1) is 12.5 Å². The number of hydrogen-bond donors (Lipinski definition) is 1. The molecule has 4 rings (SSSR count). The Labute approximate surface area is 172 Å². The van der Waals surface area contributed by atoms with Crippen molar-refractivity contribution in [1.82, 2.24) is 9.78 Å². The Hall–Kier alpha value is -3.81. The molecule has 0 saturated carbocycles. The van der Waals surface area contributed by atoms with Crippen molar-refractivity contribution in [3.05, 3.63) is 71.4 Å². The van der Waals surface area contributed by atoms with E-state index in [0.717, 1.165) is 5.56 Å². The van der Waals surface area contributed by atoms with Gasteiger partial charge in [-0.1, -0.05) is 37.3 Å². The van der Waals surface area contributed by atoms with Gasteiger partial charge in [-0.2, -0.15) is 0 Å². The molecule has 0 unspecified atom stereocenters. The van der Waals surface area contributed by atoms with E-state index in [4.69, 9.17) is 23.7 Å². The standard InChI is InChI=1S/C22H21N3O5/c1-3-21-24-25(22(23)30-21)12-17(26)20-11-16-18(9-15(27-2)10-19(16)29-20)28-13-14-7-5-4-6-8-14/h4-11,23H,3,12-13H2,1-2H3. The Bertz CT molecular complexity index is 1240. The fourth-order valence-electron chi connectivity index (χ4n) is 3.02. The van der Waals surface area contributed by atoms with E-state index in [9.17, 15) is 4.79 Å². The third kappa shape index (κ3) is 3.98. The number of rotatable bonds is 8. The minimum absolute atomic E-state index is 0.149. The average Bonchev–Trinajstić information content (AvgIpc) is 3.36. The van der Waals surface area contributed by atoms with E-state index in [1.165, 1.54) is 4.68 Å². The molecule has 4 aromatic rings. The largest absolute Gasteiger partial charge is 0.496 e. The highest BCUT2D eigenvalue weighted by molar-refractivity contribution is 5.99. The molecule has 0 aliphatic heterocycles. The Kier molecular flexibility index (Phi) is 5.38. The molecule has 0 amide bonds. The van der Waals surface area contributed by atoms with E-state index >= 15 is 0 Å². The fourth-order valence-corrected chi connectivity index (χ4v) is 3.02. The monoisotopic (exact) mass is 407 g/mol. The maximum Gasteiger partial charge on any atom is 0.312 e. The molecule has 0 fully saturated rings. The number of carbonyl (C=O) groups is 1. The molecule has 0 spiro atoms. The number of ketones is 1. The Morgan fingerprint density at radius 1 is 1.17 bits per heavy atom. The van der Waals surface area contributed by atoms with E-state index in [2.05, 4.69) is 5.10 Å². The van der Waals surface area contributed by atoms with Crippen LogP contribution in [0.1, 0.15) is 28.9 Å². The molecular formula is C22H21N3O5. The van der Waals surface area contributed by atoms with Gasteiger partial charge in [0.15, 0.2) is 5.76 Å².